The zero-order valence-corrected chi connectivity index (χ0v) is 62.8. The maximum atomic E-state index is 15.0. The average Bonchev–Trinajstić information content (AvgIpc) is 1.66. The van der Waals surface area contributed by atoms with Crippen LogP contribution in [0.2, 0.25) is 0 Å². The second-order valence-electron chi connectivity index (χ2n) is 28.2. The number of likely N-dealkylation sites (N-methyl/N-ethyl adjacent to an activating group) is 3. The number of likely N-dealkylation sites (tertiary alicyclic amines) is 1. The van der Waals surface area contributed by atoms with Crippen molar-refractivity contribution in [3.63, 3.8) is 0 Å². The standard InChI is InChI=1S/C77H105N11O15S/c1-13-50(8)68(84-71(93)64-26-18-19-36-85(64)10)73(94)88(46-101-67(90)40-48(4)5)65(49(6)7)42-66(102-51(9)89)72-82-63(45-104-72)70(92)81-55(39-47(2)3)41-52-29-33-56(34-30-52)103-77(98)87(12)38-37-86(11)76(97)100-43-53-27-31-54(32-28-53)80-69(91)62(25-20-35-79-74(78)95)83-75(96)99-44-61-59-23-16-14-21-57(59)58-22-15-17-24-60(58)61/h14-17,21-24,27-34,45,47-50,55,61-62,64-66,68H,13,18-20,25-26,35-44,46H2,1-12H3,(H,80,91)(H,81,92)(H,83,96)(H,84,93)(H3,78,79,95)/t50?,55?,62-,64?,65?,66?,68?/m0/s1. The topological polar surface area (TPSA) is 329 Å². The van der Waals surface area contributed by atoms with Gasteiger partial charge in [-0.1, -0.05) is 141 Å². The van der Waals surface area contributed by atoms with Crippen LogP contribution >= 0.6 is 11.3 Å². The molecule has 1 saturated heterocycles. The average molecular weight is 1460 g/mol. The van der Waals surface area contributed by atoms with Gasteiger partial charge < -0.3 is 70.7 Å². The first-order valence-electron chi connectivity index (χ1n) is 35.9. The Balaban J connectivity index is 0.888. The molecule has 564 valence electrons. The highest BCUT2D eigenvalue weighted by Crippen LogP contribution is 2.44. The Morgan fingerprint density at radius 2 is 1.38 bits per heavy atom. The zero-order valence-electron chi connectivity index (χ0n) is 62.0. The summed E-state index contributed by atoms with van der Waals surface area (Å²) >= 11 is 1.14. The van der Waals surface area contributed by atoms with Gasteiger partial charge in [0.1, 0.15) is 41.7 Å². The normalized spacial score (nSPS) is 15.2. The number of nitrogens with zero attached hydrogens (tertiary/aromatic N) is 5. The number of rotatable bonds is 36. The molecule has 27 heteroatoms. The van der Waals surface area contributed by atoms with E-state index in [1.54, 1.807) is 53.9 Å². The second kappa shape index (κ2) is 39.9. The monoisotopic (exact) mass is 1460 g/mol. The van der Waals surface area contributed by atoms with E-state index in [-0.39, 0.29) is 105 Å². The number of aromatic nitrogens is 1. The van der Waals surface area contributed by atoms with E-state index in [2.05, 4.69) is 26.6 Å². The molecule has 7 N–H and O–H groups in total. The smallest absolute Gasteiger partial charge is 0.415 e. The van der Waals surface area contributed by atoms with Crippen LogP contribution in [0.25, 0.3) is 11.1 Å². The molecule has 26 nitrogen and oxygen atoms in total. The number of ether oxygens (including phenoxy) is 5. The summed E-state index contributed by atoms with van der Waals surface area (Å²) in [5.41, 5.74) is 11.4. The van der Waals surface area contributed by atoms with Crippen molar-refractivity contribution >= 4 is 76.9 Å². The number of nitrogens with one attached hydrogen (secondary N) is 5. The largest absolute Gasteiger partial charge is 0.455 e. The van der Waals surface area contributed by atoms with Crippen molar-refractivity contribution in [1.29, 1.82) is 0 Å². The zero-order chi connectivity index (χ0) is 75.7. The summed E-state index contributed by atoms with van der Waals surface area (Å²) in [7, 11) is 4.98. The van der Waals surface area contributed by atoms with Gasteiger partial charge in [0.2, 0.25) is 17.7 Å². The van der Waals surface area contributed by atoms with Crippen LogP contribution in [0.5, 0.6) is 5.75 Å². The molecule has 6 unspecified atom stereocenters. The van der Waals surface area contributed by atoms with Crippen molar-refractivity contribution in [3.05, 3.63) is 135 Å². The van der Waals surface area contributed by atoms with Crippen molar-refractivity contribution in [2.24, 2.45) is 29.4 Å². The van der Waals surface area contributed by atoms with E-state index in [1.165, 1.54) is 35.7 Å². The molecule has 0 bridgehead atoms. The summed E-state index contributed by atoms with van der Waals surface area (Å²) in [4.78, 5) is 145. The van der Waals surface area contributed by atoms with Gasteiger partial charge in [0.05, 0.1) is 6.04 Å². The summed E-state index contributed by atoms with van der Waals surface area (Å²) in [6, 6.07) is 25.3. The summed E-state index contributed by atoms with van der Waals surface area (Å²) in [6.07, 6.45) is 1.65. The van der Waals surface area contributed by atoms with Crippen molar-refractivity contribution < 1.29 is 71.6 Å². The summed E-state index contributed by atoms with van der Waals surface area (Å²) in [6.45, 7) is 17.5. The number of carbonyl (C=O) groups excluding carboxylic acids is 10. The third-order valence-electron chi connectivity index (χ3n) is 18.6. The van der Waals surface area contributed by atoms with Crippen molar-refractivity contribution in [2.75, 3.05) is 66.0 Å². The quantitative estimate of drug-likeness (QED) is 0.00939. The highest BCUT2D eigenvalue weighted by molar-refractivity contribution is 7.09. The van der Waals surface area contributed by atoms with Crippen LogP contribution in [0, 0.1) is 23.7 Å². The van der Waals surface area contributed by atoms with Crippen LogP contribution < -0.4 is 37.1 Å². The van der Waals surface area contributed by atoms with Crippen molar-refractivity contribution in [3.8, 4) is 16.9 Å². The van der Waals surface area contributed by atoms with E-state index in [9.17, 15) is 43.2 Å². The van der Waals surface area contributed by atoms with E-state index in [4.69, 9.17) is 34.4 Å². The Morgan fingerprint density at radius 3 is 1.99 bits per heavy atom. The van der Waals surface area contributed by atoms with Crippen LogP contribution in [-0.2, 0) is 55.9 Å². The Bertz CT molecular complexity index is 3670. The molecule has 9 amide bonds. The molecule has 5 aromatic rings. The Morgan fingerprint density at radius 1 is 0.740 bits per heavy atom. The molecule has 7 atom stereocenters. The molecule has 0 spiro atoms. The molecule has 4 aromatic carbocycles. The van der Waals surface area contributed by atoms with Crippen LogP contribution in [-0.4, -0.2) is 175 Å². The first kappa shape index (κ1) is 81.7. The summed E-state index contributed by atoms with van der Waals surface area (Å²) in [5.74, 6) is -3.05. The van der Waals surface area contributed by atoms with Crippen LogP contribution in [0.15, 0.2) is 102 Å². The van der Waals surface area contributed by atoms with Gasteiger partial charge in [-0.3, -0.25) is 33.7 Å². The van der Waals surface area contributed by atoms with E-state index < -0.39 is 91.0 Å². The number of anilines is 1. The number of hydrogen-bond donors (Lipinski definition) is 6. The predicted octanol–water partition coefficient (Wildman–Crippen LogP) is 10.9. The number of piperidine rings is 1. The molecule has 104 heavy (non-hydrogen) atoms. The minimum absolute atomic E-state index is 0.00417. The number of thiazole rings is 1. The van der Waals surface area contributed by atoms with E-state index >= 15 is 4.79 Å². The third kappa shape index (κ3) is 24.5. The number of fused-ring (bicyclic) bond motifs is 3. The fourth-order valence-corrected chi connectivity index (χ4v) is 13.5. The molecule has 0 radical (unpaired) electrons. The lowest BCUT2D eigenvalue weighted by Gasteiger charge is -2.39. The molecule has 1 aliphatic carbocycles. The fraction of sp³-hybridized carbons (Fsp3) is 0.519. The van der Waals surface area contributed by atoms with Gasteiger partial charge in [-0.15, -0.1) is 11.3 Å². The Labute approximate surface area is 614 Å². The summed E-state index contributed by atoms with van der Waals surface area (Å²) in [5, 5.41) is 16.1. The van der Waals surface area contributed by atoms with Crippen LogP contribution in [0.4, 0.5) is 24.9 Å². The van der Waals surface area contributed by atoms with Crippen LogP contribution in [0.3, 0.4) is 0 Å². The van der Waals surface area contributed by atoms with Gasteiger partial charge in [0, 0.05) is 82.6 Å². The number of carbonyl (C=O) groups is 10. The number of urea groups is 1. The highest BCUT2D eigenvalue weighted by atomic mass is 32.1. The SMILES string of the molecule is CCC(C)C(NC(=O)C1CCCCN1C)C(=O)N(COC(=O)CC(C)C)C(CC(OC(C)=O)c1nc(C(=O)NC(Cc2ccc(OC(=O)N(C)CCN(C)C(=O)OCc3ccc(NC(=O)[C@H](CCCNC(N)=O)NC(=O)OCC4c5ccccc5-c5ccccc54)cc3)cc2)CC(C)C)cs1)C(C)C. The molecule has 2 heterocycles. The fourth-order valence-electron chi connectivity index (χ4n) is 12.7. The molecular formula is C77H105N11O15S. The maximum Gasteiger partial charge on any atom is 0.415 e. The lowest BCUT2D eigenvalue weighted by atomic mass is 9.92. The Kier molecular flexibility index (Phi) is 31.3. The predicted molar refractivity (Wildman–Crippen MR) is 395 cm³/mol. The first-order chi connectivity index (χ1) is 49.6. The van der Waals surface area contributed by atoms with Gasteiger partial charge in [-0.2, -0.15) is 0 Å². The van der Waals surface area contributed by atoms with E-state index in [1.807, 2.05) is 116 Å². The van der Waals surface area contributed by atoms with Gasteiger partial charge in [0.25, 0.3) is 5.91 Å². The van der Waals surface area contributed by atoms with Gasteiger partial charge in [0.15, 0.2) is 12.8 Å². The third-order valence-corrected chi connectivity index (χ3v) is 19.6. The number of benzene rings is 4. The molecule has 1 aromatic heterocycles. The second-order valence-corrected chi connectivity index (χ2v) is 29.1. The molecule has 7 rings (SSSR count). The van der Waals surface area contributed by atoms with Crippen molar-refractivity contribution in [1.82, 2.24) is 45.9 Å². The molecule has 0 saturated carbocycles. The van der Waals surface area contributed by atoms with Crippen LogP contribution in [0.1, 0.15) is 170 Å². The lowest BCUT2D eigenvalue weighted by Crippen LogP contribution is -2.59. The number of hydrogen-bond acceptors (Lipinski definition) is 18. The van der Waals surface area contributed by atoms with Gasteiger partial charge in [-0.05, 0) is 133 Å². The van der Waals surface area contributed by atoms with E-state index in [0.29, 0.717) is 48.4 Å². The van der Waals surface area contributed by atoms with Gasteiger partial charge >= 0.3 is 36.2 Å². The molecule has 2 aliphatic rings. The number of alkyl carbamates (subject to hydrolysis) is 1. The number of amides is 9. The van der Waals surface area contributed by atoms with Crippen molar-refractivity contribution in [2.45, 2.75) is 175 Å². The highest BCUT2D eigenvalue weighted by Gasteiger charge is 2.40. The van der Waals surface area contributed by atoms with E-state index in [0.717, 1.165) is 58.5 Å². The Hall–Kier alpha value is -9.63. The summed E-state index contributed by atoms with van der Waals surface area (Å²) < 4.78 is 28.7. The maximum absolute atomic E-state index is 15.0. The number of primary amides is 1. The first-order valence-corrected chi connectivity index (χ1v) is 36.8. The minimum atomic E-state index is -1.03. The van der Waals surface area contributed by atoms with Gasteiger partial charge in [-0.25, -0.2) is 24.2 Å². The molecule has 1 aliphatic heterocycles. The number of esters is 2. The molecular weight excluding hydrogens is 1350 g/mol. The minimum Gasteiger partial charge on any atom is -0.455 e. The number of nitrogens with two attached hydrogens (primary N) is 1. The molecule has 1 fully saturated rings. The lowest BCUT2D eigenvalue weighted by molar-refractivity contribution is -0.161.